The van der Waals surface area contributed by atoms with Crippen LogP contribution < -0.4 is 10.1 Å². The molecule has 0 aliphatic heterocycles. The number of alkyl halides is 3. The molecule has 1 aromatic rings. The van der Waals surface area contributed by atoms with Crippen molar-refractivity contribution in [3.05, 3.63) is 29.8 Å². The van der Waals surface area contributed by atoms with Gasteiger partial charge in [-0.2, -0.15) is 13.2 Å². The maximum Gasteiger partial charge on any atom is 0.415 e. The summed E-state index contributed by atoms with van der Waals surface area (Å²) in [6.07, 6.45) is -8.06. The first-order valence-electron chi connectivity index (χ1n) is 6.12. The van der Waals surface area contributed by atoms with Gasteiger partial charge in [-0.15, -0.1) is 0 Å². The van der Waals surface area contributed by atoms with Crippen molar-refractivity contribution in [1.29, 1.82) is 0 Å². The second-order valence-corrected chi connectivity index (χ2v) is 4.45. The van der Waals surface area contributed by atoms with Crippen molar-refractivity contribution in [2.24, 2.45) is 0 Å². The van der Waals surface area contributed by atoms with Crippen LogP contribution in [0.5, 0.6) is 5.75 Å². The van der Waals surface area contributed by atoms with Crippen LogP contribution in [0, 0.1) is 6.92 Å². The van der Waals surface area contributed by atoms with E-state index in [-0.39, 0.29) is 13.2 Å². The van der Waals surface area contributed by atoms with Crippen molar-refractivity contribution < 1.29 is 28.1 Å². The average Bonchev–Trinajstić information content (AvgIpc) is 2.36. The number of hydrogen-bond acceptors (Lipinski definition) is 4. The van der Waals surface area contributed by atoms with Crippen molar-refractivity contribution >= 4 is 0 Å². The molecule has 0 aromatic heterocycles. The highest BCUT2D eigenvalue weighted by Crippen LogP contribution is 2.19. The number of hydrogen-bond donors (Lipinski definition) is 3. The number of para-hydroxylation sites is 1. The Kier molecular flexibility index (Phi) is 6.25. The van der Waals surface area contributed by atoms with Gasteiger partial charge in [-0.1, -0.05) is 18.2 Å². The first-order chi connectivity index (χ1) is 9.30. The second-order valence-electron chi connectivity index (χ2n) is 4.45. The Hall–Kier alpha value is -1.31. The van der Waals surface area contributed by atoms with Crippen LogP contribution in [-0.4, -0.2) is 48.3 Å². The number of benzene rings is 1. The van der Waals surface area contributed by atoms with Gasteiger partial charge in [-0.25, -0.2) is 0 Å². The third-order valence-corrected chi connectivity index (χ3v) is 2.62. The number of aliphatic hydroxyl groups excluding tert-OH is 2. The fourth-order valence-electron chi connectivity index (χ4n) is 1.47. The van der Waals surface area contributed by atoms with Crippen LogP contribution in [0.15, 0.2) is 24.3 Å². The van der Waals surface area contributed by atoms with E-state index in [1.807, 2.05) is 19.1 Å². The molecule has 0 radical (unpaired) electrons. The quantitative estimate of drug-likeness (QED) is 0.708. The van der Waals surface area contributed by atoms with E-state index >= 15 is 0 Å². The molecule has 7 heteroatoms. The summed E-state index contributed by atoms with van der Waals surface area (Å²) in [5, 5.41) is 20.7. The molecule has 0 spiro atoms. The summed E-state index contributed by atoms with van der Waals surface area (Å²) in [4.78, 5) is 0. The molecule has 1 aromatic carbocycles. The molecule has 0 saturated carbocycles. The summed E-state index contributed by atoms with van der Waals surface area (Å²) in [6.45, 7) is 1.05. The number of halogens is 3. The smallest absolute Gasteiger partial charge is 0.415 e. The normalized spacial score (nSPS) is 14.9. The monoisotopic (exact) mass is 293 g/mol. The lowest BCUT2D eigenvalue weighted by Crippen LogP contribution is -2.41. The minimum atomic E-state index is -4.66. The molecule has 0 aliphatic carbocycles. The Morgan fingerprint density at radius 3 is 2.45 bits per heavy atom. The van der Waals surface area contributed by atoms with Gasteiger partial charge in [0.05, 0.1) is 0 Å². The Bertz CT molecular complexity index is 412. The van der Waals surface area contributed by atoms with E-state index in [2.05, 4.69) is 5.32 Å². The van der Waals surface area contributed by atoms with Gasteiger partial charge in [0.25, 0.3) is 0 Å². The summed E-state index contributed by atoms with van der Waals surface area (Å²) in [5.74, 6) is 0.613. The van der Waals surface area contributed by atoms with Crippen molar-refractivity contribution in [2.45, 2.75) is 25.3 Å². The highest BCUT2D eigenvalue weighted by Gasteiger charge is 2.37. The molecule has 3 N–H and O–H groups in total. The Morgan fingerprint density at radius 1 is 1.20 bits per heavy atom. The molecule has 0 fully saturated rings. The fraction of sp³-hybridized carbons (Fsp3) is 0.538. The molecule has 1 rings (SSSR count). The van der Waals surface area contributed by atoms with E-state index in [1.54, 1.807) is 12.1 Å². The van der Waals surface area contributed by atoms with Gasteiger partial charge in [0.1, 0.15) is 18.5 Å². The minimum absolute atomic E-state index is 0.0417. The van der Waals surface area contributed by atoms with Crippen LogP contribution in [0.1, 0.15) is 5.56 Å². The van der Waals surface area contributed by atoms with E-state index in [4.69, 9.17) is 9.84 Å². The van der Waals surface area contributed by atoms with E-state index in [1.165, 1.54) is 0 Å². The number of aryl methyl sites for hydroxylation is 1. The zero-order chi connectivity index (χ0) is 15.2. The highest BCUT2D eigenvalue weighted by atomic mass is 19.4. The predicted molar refractivity (Wildman–Crippen MR) is 67.6 cm³/mol. The molecular formula is C13H18F3NO3. The topological polar surface area (TPSA) is 61.7 Å². The van der Waals surface area contributed by atoms with E-state index in [9.17, 15) is 18.3 Å². The lowest BCUT2D eigenvalue weighted by Gasteiger charge is -2.17. The van der Waals surface area contributed by atoms with Crippen LogP contribution in [0.3, 0.4) is 0 Å². The minimum Gasteiger partial charge on any atom is -0.491 e. The average molecular weight is 293 g/mol. The highest BCUT2D eigenvalue weighted by molar-refractivity contribution is 5.31. The molecule has 0 aliphatic rings. The van der Waals surface area contributed by atoms with E-state index in [0.29, 0.717) is 5.75 Å². The Morgan fingerprint density at radius 2 is 1.85 bits per heavy atom. The number of nitrogens with one attached hydrogen (secondary N) is 1. The van der Waals surface area contributed by atoms with Crippen molar-refractivity contribution in [1.82, 2.24) is 5.32 Å². The molecular weight excluding hydrogens is 275 g/mol. The number of aliphatic hydroxyl groups is 2. The zero-order valence-corrected chi connectivity index (χ0v) is 11.0. The van der Waals surface area contributed by atoms with Crippen molar-refractivity contribution in [2.75, 3.05) is 19.7 Å². The Labute approximate surface area is 115 Å². The second kappa shape index (κ2) is 7.47. The molecule has 0 saturated heterocycles. The summed E-state index contributed by atoms with van der Waals surface area (Å²) in [6, 6.07) is 7.22. The third kappa shape index (κ3) is 5.77. The molecule has 20 heavy (non-hydrogen) atoms. The number of rotatable bonds is 7. The first-order valence-corrected chi connectivity index (χ1v) is 6.12. The van der Waals surface area contributed by atoms with Gasteiger partial charge in [0.15, 0.2) is 6.10 Å². The van der Waals surface area contributed by atoms with E-state index in [0.717, 1.165) is 5.56 Å². The summed E-state index contributed by atoms with van der Waals surface area (Å²) < 4.78 is 41.4. The summed E-state index contributed by atoms with van der Waals surface area (Å²) in [7, 11) is 0. The lowest BCUT2D eigenvalue weighted by molar-refractivity contribution is -0.202. The molecule has 0 bridgehead atoms. The van der Waals surface area contributed by atoms with Gasteiger partial charge >= 0.3 is 6.18 Å². The molecule has 2 unspecified atom stereocenters. The lowest BCUT2D eigenvalue weighted by atomic mass is 10.2. The van der Waals surface area contributed by atoms with Crippen LogP contribution in [0.25, 0.3) is 0 Å². The van der Waals surface area contributed by atoms with Gasteiger partial charge in [0.2, 0.25) is 0 Å². The van der Waals surface area contributed by atoms with Gasteiger partial charge in [0, 0.05) is 13.1 Å². The van der Waals surface area contributed by atoms with Crippen LogP contribution in [0.2, 0.25) is 0 Å². The zero-order valence-electron chi connectivity index (χ0n) is 11.0. The van der Waals surface area contributed by atoms with Crippen molar-refractivity contribution in [3.8, 4) is 5.75 Å². The van der Waals surface area contributed by atoms with Crippen LogP contribution in [0.4, 0.5) is 13.2 Å². The maximum atomic E-state index is 12.0. The SMILES string of the molecule is Cc1ccccc1OCC(O)CNCC(O)C(F)(F)F. The third-order valence-electron chi connectivity index (χ3n) is 2.62. The number of ether oxygens (including phenoxy) is 1. The van der Waals surface area contributed by atoms with Gasteiger partial charge < -0.3 is 20.3 Å². The predicted octanol–water partition coefficient (Wildman–Crippen LogP) is 1.25. The molecule has 4 nitrogen and oxygen atoms in total. The molecule has 0 amide bonds. The standard InChI is InChI=1S/C13H18F3NO3/c1-9-4-2-3-5-11(9)20-8-10(18)6-17-7-12(19)13(14,15)16/h2-5,10,12,17-19H,6-8H2,1H3. The molecule has 114 valence electrons. The Balaban J connectivity index is 2.24. The summed E-state index contributed by atoms with van der Waals surface area (Å²) >= 11 is 0. The van der Waals surface area contributed by atoms with Gasteiger partial charge in [-0.05, 0) is 18.6 Å². The first kappa shape index (κ1) is 16.7. The van der Waals surface area contributed by atoms with E-state index < -0.39 is 24.9 Å². The maximum absolute atomic E-state index is 12.0. The van der Waals surface area contributed by atoms with Crippen molar-refractivity contribution in [3.63, 3.8) is 0 Å². The largest absolute Gasteiger partial charge is 0.491 e. The van der Waals surface area contributed by atoms with Crippen LogP contribution in [-0.2, 0) is 0 Å². The fourth-order valence-corrected chi connectivity index (χ4v) is 1.47. The van der Waals surface area contributed by atoms with Crippen LogP contribution >= 0.6 is 0 Å². The molecule has 0 heterocycles. The molecule has 2 atom stereocenters. The summed E-state index contributed by atoms with van der Waals surface area (Å²) in [5.41, 5.74) is 0.903. The van der Waals surface area contributed by atoms with Gasteiger partial charge in [-0.3, -0.25) is 0 Å².